The lowest BCUT2D eigenvalue weighted by atomic mass is 9.94. The monoisotopic (exact) mass is 431 g/mol. The van der Waals surface area contributed by atoms with Crippen LogP contribution in [0, 0.1) is 5.82 Å². The number of amidine groups is 1. The Balaban J connectivity index is 1.51. The van der Waals surface area contributed by atoms with Gasteiger partial charge in [-0.05, 0) is 40.3 Å². The van der Waals surface area contributed by atoms with E-state index in [1.165, 1.54) is 0 Å². The molecule has 4 rings (SSSR count). The van der Waals surface area contributed by atoms with Crippen molar-refractivity contribution in [1.29, 1.82) is 0 Å². The van der Waals surface area contributed by atoms with E-state index in [1.54, 1.807) is 0 Å². The lowest BCUT2D eigenvalue weighted by Crippen LogP contribution is -2.58. The van der Waals surface area contributed by atoms with Crippen LogP contribution in [0.4, 0.5) is 15.0 Å². The number of nitrogens with one attached hydrogen (secondary N) is 1. The van der Waals surface area contributed by atoms with E-state index in [0.29, 0.717) is 44.7 Å². The summed E-state index contributed by atoms with van der Waals surface area (Å²) in [5, 5.41) is 3.00. The molecule has 2 amide bonds. The SMILES string of the molecule is CCOc1ncc(F)c(NC2=NCC3=C2CN(C(=O)N2CCN(C)[C@@H](C)C2)C3(C)C)n1. The molecule has 1 saturated heterocycles. The first-order valence-corrected chi connectivity index (χ1v) is 10.7. The minimum absolute atomic E-state index is 0.0152. The number of hydrogen-bond donors (Lipinski definition) is 1. The molecule has 0 aromatic carbocycles. The fourth-order valence-electron chi connectivity index (χ4n) is 4.31. The van der Waals surface area contributed by atoms with Crippen molar-refractivity contribution in [3.63, 3.8) is 0 Å². The highest BCUT2D eigenvalue weighted by Gasteiger charge is 2.47. The Hall–Kier alpha value is -2.75. The van der Waals surface area contributed by atoms with Gasteiger partial charge in [0.15, 0.2) is 11.6 Å². The predicted molar refractivity (Wildman–Crippen MR) is 116 cm³/mol. The summed E-state index contributed by atoms with van der Waals surface area (Å²) < 4.78 is 19.6. The summed E-state index contributed by atoms with van der Waals surface area (Å²) in [5.41, 5.74) is 1.54. The molecule has 3 aliphatic rings. The van der Waals surface area contributed by atoms with Crippen LogP contribution in [0.3, 0.4) is 0 Å². The minimum atomic E-state index is -0.586. The molecular formula is C21H30FN7O2. The molecule has 1 atom stereocenters. The van der Waals surface area contributed by atoms with E-state index in [4.69, 9.17) is 4.74 Å². The number of carbonyl (C=O) groups excluding carboxylic acids is 1. The highest BCUT2D eigenvalue weighted by atomic mass is 19.1. The summed E-state index contributed by atoms with van der Waals surface area (Å²) in [7, 11) is 2.08. The Morgan fingerprint density at radius 1 is 1.39 bits per heavy atom. The van der Waals surface area contributed by atoms with Crippen LogP contribution in [0.2, 0.25) is 0 Å². The van der Waals surface area contributed by atoms with Crippen LogP contribution in [0.1, 0.15) is 27.7 Å². The molecule has 3 aliphatic heterocycles. The normalized spacial score (nSPS) is 23.2. The molecule has 1 N–H and O–H groups in total. The van der Waals surface area contributed by atoms with Gasteiger partial charge in [0.1, 0.15) is 5.84 Å². The smallest absolute Gasteiger partial charge is 0.321 e. The van der Waals surface area contributed by atoms with Crippen LogP contribution in [0.5, 0.6) is 6.01 Å². The van der Waals surface area contributed by atoms with Crippen LogP contribution in [0.15, 0.2) is 22.3 Å². The van der Waals surface area contributed by atoms with Crippen molar-refractivity contribution in [2.45, 2.75) is 39.3 Å². The highest BCUT2D eigenvalue weighted by molar-refractivity contribution is 6.11. The Morgan fingerprint density at radius 3 is 2.87 bits per heavy atom. The molecular weight excluding hydrogens is 401 g/mol. The molecule has 9 nitrogen and oxygen atoms in total. The lowest BCUT2D eigenvalue weighted by molar-refractivity contribution is 0.0845. The number of halogens is 1. The summed E-state index contributed by atoms with van der Waals surface area (Å²) in [5.74, 6) is -0.0246. The first-order chi connectivity index (χ1) is 14.7. The van der Waals surface area contributed by atoms with E-state index in [9.17, 15) is 9.18 Å². The van der Waals surface area contributed by atoms with Gasteiger partial charge in [0.25, 0.3) is 0 Å². The van der Waals surface area contributed by atoms with Gasteiger partial charge in [-0.1, -0.05) is 0 Å². The zero-order valence-corrected chi connectivity index (χ0v) is 18.8. The second-order valence-corrected chi connectivity index (χ2v) is 8.73. The first-order valence-electron chi connectivity index (χ1n) is 10.7. The second-order valence-electron chi connectivity index (χ2n) is 8.73. The molecule has 0 aliphatic carbocycles. The van der Waals surface area contributed by atoms with Gasteiger partial charge in [-0.25, -0.2) is 14.2 Å². The second kappa shape index (κ2) is 8.07. The Bertz CT molecular complexity index is 946. The number of urea groups is 1. The van der Waals surface area contributed by atoms with Gasteiger partial charge < -0.3 is 24.8 Å². The molecule has 168 valence electrons. The van der Waals surface area contributed by atoms with Gasteiger partial charge in [-0.15, -0.1) is 0 Å². The Kier molecular flexibility index (Phi) is 5.59. The van der Waals surface area contributed by atoms with Gasteiger partial charge in [-0.2, -0.15) is 4.98 Å². The average molecular weight is 432 g/mol. The molecule has 31 heavy (non-hydrogen) atoms. The number of hydrogen-bond acceptors (Lipinski definition) is 7. The topological polar surface area (TPSA) is 86.2 Å². The number of carbonyl (C=O) groups is 1. The molecule has 0 radical (unpaired) electrons. The molecule has 0 spiro atoms. The summed E-state index contributed by atoms with van der Waals surface area (Å²) in [6.07, 6.45) is 1.08. The molecule has 4 heterocycles. The average Bonchev–Trinajstić information content (AvgIpc) is 3.24. The van der Waals surface area contributed by atoms with Crippen LogP contribution < -0.4 is 10.1 Å². The van der Waals surface area contributed by atoms with Gasteiger partial charge in [-0.3, -0.25) is 4.99 Å². The van der Waals surface area contributed by atoms with Gasteiger partial charge in [0.2, 0.25) is 0 Å². The van der Waals surface area contributed by atoms with E-state index >= 15 is 0 Å². The van der Waals surface area contributed by atoms with Crippen molar-refractivity contribution in [2.24, 2.45) is 4.99 Å². The van der Waals surface area contributed by atoms with E-state index in [2.05, 4.69) is 39.1 Å². The number of aliphatic imine (C=N–C) groups is 1. The summed E-state index contributed by atoms with van der Waals surface area (Å²) in [6, 6.07) is 0.458. The standard InChI is InChI=1S/C21H30FN7O2/c1-6-31-19-24-10-16(22)18(26-19)25-17-14-12-29(21(3,4)15(14)9-23-17)20(30)28-8-7-27(5)13(2)11-28/h10,13H,6-9,11-12H2,1-5H3,(H,23,24,25,26)/t13-/m0/s1. The third kappa shape index (κ3) is 3.84. The van der Waals surface area contributed by atoms with Crippen molar-refractivity contribution in [2.75, 3.05) is 51.7 Å². The summed E-state index contributed by atoms with van der Waals surface area (Å²) in [6.45, 7) is 11.6. The summed E-state index contributed by atoms with van der Waals surface area (Å²) >= 11 is 0. The van der Waals surface area contributed by atoms with Crippen LogP contribution >= 0.6 is 0 Å². The minimum Gasteiger partial charge on any atom is -0.464 e. The molecule has 0 saturated carbocycles. The molecule has 10 heteroatoms. The third-order valence-electron chi connectivity index (χ3n) is 6.47. The molecule has 0 unspecified atom stereocenters. The Morgan fingerprint density at radius 2 is 2.16 bits per heavy atom. The number of anilines is 1. The Labute approximate surface area is 182 Å². The molecule has 1 aromatic heterocycles. The number of rotatable bonds is 3. The van der Waals surface area contributed by atoms with Gasteiger partial charge in [0.05, 0.1) is 31.4 Å². The first kappa shape index (κ1) is 21.5. The maximum Gasteiger partial charge on any atom is 0.321 e. The largest absolute Gasteiger partial charge is 0.464 e. The molecule has 0 bridgehead atoms. The number of ether oxygens (including phenoxy) is 1. The van der Waals surface area contributed by atoms with E-state index in [1.807, 2.05) is 30.6 Å². The van der Waals surface area contributed by atoms with Gasteiger partial charge in [0, 0.05) is 31.2 Å². The van der Waals surface area contributed by atoms with Crippen molar-refractivity contribution in [3.05, 3.63) is 23.2 Å². The number of nitrogens with zero attached hydrogens (tertiary/aromatic N) is 6. The van der Waals surface area contributed by atoms with E-state index in [-0.39, 0.29) is 17.9 Å². The molecule has 1 aromatic rings. The van der Waals surface area contributed by atoms with Crippen molar-refractivity contribution in [1.82, 2.24) is 24.7 Å². The van der Waals surface area contributed by atoms with Crippen molar-refractivity contribution in [3.8, 4) is 6.01 Å². The van der Waals surface area contributed by atoms with E-state index in [0.717, 1.165) is 23.9 Å². The molecule has 1 fully saturated rings. The maximum absolute atomic E-state index is 14.3. The zero-order chi connectivity index (χ0) is 22.3. The van der Waals surface area contributed by atoms with E-state index < -0.39 is 11.4 Å². The fourth-order valence-corrected chi connectivity index (χ4v) is 4.31. The fraction of sp³-hybridized carbons (Fsp3) is 0.619. The quantitative estimate of drug-likeness (QED) is 0.788. The number of likely N-dealkylation sites (N-methyl/N-ethyl adjacent to an activating group) is 1. The number of piperazine rings is 1. The van der Waals surface area contributed by atoms with Crippen LogP contribution in [-0.2, 0) is 0 Å². The lowest BCUT2D eigenvalue weighted by Gasteiger charge is -2.43. The summed E-state index contributed by atoms with van der Waals surface area (Å²) in [4.78, 5) is 32.0. The maximum atomic E-state index is 14.3. The third-order valence-corrected chi connectivity index (χ3v) is 6.47. The zero-order valence-electron chi connectivity index (χ0n) is 18.8. The van der Waals surface area contributed by atoms with Gasteiger partial charge >= 0.3 is 12.0 Å². The van der Waals surface area contributed by atoms with Crippen molar-refractivity contribution < 1.29 is 13.9 Å². The van der Waals surface area contributed by atoms with Crippen molar-refractivity contribution >= 4 is 17.7 Å². The van der Waals surface area contributed by atoms with Crippen LogP contribution in [0.25, 0.3) is 0 Å². The predicted octanol–water partition coefficient (Wildman–Crippen LogP) is 1.99. The highest BCUT2D eigenvalue weighted by Crippen LogP contribution is 2.39. The number of amides is 2. The number of aromatic nitrogens is 2. The van der Waals surface area contributed by atoms with Crippen LogP contribution in [-0.4, -0.2) is 94.5 Å².